The molecule has 0 unspecified atom stereocenters. The van der Waals surface area contributed by atoms with E-state index in [4.69, 9.17) is 27.9 Å². The van der Waals surface area contributed by atoms with Crippen LogP contribution < -0.4 is 10.1 Å². The molecule has 7 nitrogen and oxygen atoms in total. The van der Waals surface area contributed by atoms with E-state index in [2.05, 4.69) is 20.3 Å². The molecule has 3 heterocycles. The third-order valence-electron chi connectivity index (χ3n) is 4.50. The number of benzene rings is 1. The van der Waals surface area contributed by atoms with Gasteiger partial charge in [-0.15, -0.1) is 0 Å². The van der Waals surface area contributed by atoms with Crippen molar-refractivity contribution in [2.75, 3.05) is 0 Å². The molecule has 4 rings (SSSR count). The predicted molar refractivity (Wildman–Crippen MR) is 118 cm³/mol. The van der Waals surface area contributed by atoms with E-state index in [0.29, 0.717) is 16.6 Å². The van der Waals surface area contributed by atoms with E-state index < -0.39 is 17.8 Å². The number of rotatable bonds is 6. The van der Waals surface area contributed by atoms with Crippen LogP contribution in [-0.2, 0) is 12.7 Å². The smallest absolute Gasteiger partial charge is 0.433 e. The number of nitrogens with one attached hydrogen (secondary N) is 1. The van der Waals surface area contributed by atoms with Crippen LogP contribution in [0.3, 0.4) is 0 Å². The highest BCUT2D eigenvalue weighted by molar-refractivity contribution is 6.35. The summed E-state index contributed by atoms with van der Waals surface area (Å²) < 4.78 is 44.8. The van der Waals surface area contributed by atoms with Gasteiger partial charge in [0.25, 0.3) is 5.91 Å². The fraction of sp³-hybridized carbons (Fsp3) is 0.0909. The maximum atomic E-state index is 12.7. The lowest BCUT2D eigenvalue weighted by Crippen LogP contribution is -2.26. The van der Waals surface area contributed by atoms with E-state index in [0.717, 1.165) is 17.8 Å². The first-order valence-corrected chi connectivity index (χ1v) is 10.4. The SMILES string of the molecule is O=C(NCc1ccc(Oc2ccc(C(F)(F)F)nc2)cc1)c1nccn1-c1ncc(Cl)cc1Cl. The Morgan fingerprint density at radius 1 is 1.00 bits per heavy atom. The molecular weight excluding hydrogens is 494 g/mol. The topological polar surface area (TPSA) is 81.9 Å². The second-order valence-electron chi connectivity index (χ2n) is 6.89. The van der Waals surface area contributed by atoms with Crippen LogP contribution in [0.4, 0.5) is 13.2 Å². The Morgan fingerprint density at radius 2 is 1.74 bits per heavy atom. The molecule has 0 bridgehead atoms. The van der Waals surface area contributed by atoms with Crippen LogP contribution in [0.2, 0.25) is 10.0 Å². The molecule has 1 amide bonds. The maximum absolute atomic E-state index is 12.7. The average molecular weight is 508 g/mol. The number of ether oxygens (including phenoxy) is 1. The third-order valence-corrected chi connectivity index (χ3v) is 4.98. The van der Waals surface area contributed by atoms with Crippen LogP contribution in [0, 0.1) is 0 Å². The monoisotopic (exact) mass is 507 g/mol. The number of amides is 1. The van der Waals surface area contributed by atoms with Crippen molar-refractivity contribution in [1.29, 1.82) is 0 Å². The molecular formula is C22H14Cl2F3N5O2. The number of imidazole rings is 1. The van der Waals surface area contributed by atoms with Gasteiger partial charge in [-0.25, -0.2) is 15.0 Å². The van der Waals surface area contributed by atoms with E-state index in [9.17, 15) is 18.0 Å². The van der Waals surface area contributed by atoms with Gasteiger partial charge in [0.15, 0.2) is 5.82 Å². The highest BCUT2D eigenvalue weighted by Gasteiger charge is 2.32. The first kappa shape index (κ1) is 23.5. The summed E-state index contributed by atoms with van der Waals surface area (Å²) in [6.07, 6.45) is 0.901. The Kier molecular flexibility index (Phi) is 6.71. The number of pyridine rings is 2. The summed E-state index contributed by atoms with van der Waals surface area (Å²) >= 11 is 12.1. The van der Waals surface area contributed by atoms with Gasteiger partial charge in [0.2, 0.25) is 5.82 Å². The van der Waals surface area contributed by atoms with E-state index in [1.54, 1.807) is 30.5 Å². The zero-order chi connectivity index (χ0) is 24.3. The minimum Gasteiger partial charge on any atom is -0.456 e. The summed E-state index contributed by atoms with van der Waals surface area (Å²) in [6, 6.07) is 10.2. The van der Waals surface area contributed by atoms with Crippen molar-refractivity contribution in [3.63, 3.8) is 0 Å². The van der Waals surface area contributed by atoms with Crippen molar-refractivity contribution in [2.24, 2.45) is 0 Å². The van der Waals surface area contributed by atoms with Crippen LogP contribution in [0.15, 0.2) is 67.3 Å². The minimum atomic E-state index is -4.51. The van der Waals surface area contributed by atoms with E-state index in [1.807, 2.05) is 0 Å². The maximum Gasteiger partial charge on any atom is 0.433 e. The lowest BCUT2D eigenvalue weighted by molar-refractivity contribution is -0.141. The van der Waals surface area contributed by atoms with Crippen LogP contribution in [-0.4, -0.2) is 25.4 Å². The highest BCUT2D eigenvalue weighted by Crippen LogP contribution is 2.29. The summed E-state index contributed by atoms with van der Waals surface area (Å²) in [4.78, 5) is 24.2. The molecule has 0 spiro atoms. The molecule has 0 atom stereocenters. The van der Waals surface area contributed by atoms with Gasteiger partial charge in [-0.1, -0.05) is 35.3 Å². The molecule has 0 radical (unpaired) electrons. The Labute approximate surface area is 201 Å². The first-order valence-electron chi connectivity index (χ1n) is 9.64. The predicted octanol–water partition coefficient (Wildman–Crippen LogP) is 5.71. The van der Waals surface area contributed by atoms with E-state index >= 15 is 0 Å². The van der Waals surface area contributed by atoms with Gasteiger partial charge in [-0.3, -0.25) is 9.36 Å². The number of hydrogen-bond acceptors (Lipinski definition) is 5. The van der Waals surface area contributed by atoms with E-state index in [1.165, 1.54) is 29.1 Å². The summed E-state index contributed by atoms with van der Waals surface area (Å²) in [5.74, 6) is 0.513. The number of hydrogen-bond donors (Lipinski definition) is 1. The highest BCUT2D eigenvalue weighted by atomic mass is 35.5. The Morgan fingerprint density at radius 3 is 2.38 bits per heavy atom. The largest absolute Gasteiger partial charge is 0.456 e. The Hall–Kier alpha value is -3.63. The molecule has 0 aliphatic heterocycles. The zero-order valence-electron chi connectivity index (χ0n) is 17.1. The first-order chi connectivity index (χ1) is 16.2. The number of nitrogens with zero attached hydrogens (tertiary/aromatic N) is 4. The van der Waals surface area contributed by atoms with Crippen LogP contribution in [0.25, 0.3) is 5.82 Å². The molecule has 0 aliphatic carbocycles. The van der Waals surface area contributed by atoms with E-state index in [-0.39, 0.29) is 23.1 Å². The zero-order valence-corrected chi connectivity index (χ0v) is 18.6. The summed E-state index contributed by atoms with van der Waals surface area (Å²) in [6.45, 7) is 0.190. The number of alkyl halides is 3. The quantitative estimate of drug-likeness (QED) is 0.361. The van der Waals surface area contributed by atoms with Crippen molar-refractivity contribution < 1.29 is 22.7 Å². The Balaban J connectivity index is 1.38. The van der Waals surface area contributed by atoms with Crippen molar-refractivity contribution in [1.82, 2.24) is 24.8 Å². The normalized spacial score (nSPS) is 11.3. The molecule has 12 heteroatoms. The Bertz CT molecular complexity index is 1310. The molecule has 1 aromatic carbocycles. The molecule has 4 aromatic rings. The fourth-order valence-electron chi connectivity index (χ4n) is 2.91. The number of carbonyl (C=O) groups excluding carboxylic acids is 1. The van der Waals surface area contributed by atoms with Crippen molar-refractivity contribution in [2.45, 2.75) is 12.7 Å². The van der Waals surface area contributed by atoms with Gasteiger partial charge in [0, 0.05) is 25.1 Å². The van der Waals surface area contributed by atoms with Crippen LogP contribution in [0.5, 0.6) is 11.5 Å². The minimum absolute atomic E-state index is 0.0893. The van der Waals surface area contributed by atoms with Crippen molar-refractivity contribution >= 4 is 29.1 Å². The van der Waals surface area contributed by atoms with Crippen LogP contribution in [0.1, 0.15) is 21.9 Å². The average Bonchev–Trinajstić information content (AvgIpc) is 3.28. The molecule has 0 fully saturated rings. The molecule has 0 aliphatic rings. The number of aromatic nitrogens is 4. The lowest BCUT2D eigenvalue weighted by Gasteiger charge is -2.10. The van der Waals surface area contributed by atoms with Crippen molar-refractivity contribution in [3.8, 4) is 17.3 Å². The second-order valence-corrected chi connectivity index (χ2v) is 7.73. The molecule has 34 heavy (non-hydrogen) atoms. The third kappa shape index (κ3) is 5.46. The van der Waals surface area contributed by atoms with Gasteiger partial charge in [-0.05, 0) is 35.9 Å². The standard InChI is InChI=1S/C22H14Cl2F3N5O2/c23-14-9-17(24)19(30-11-14)32-8-7-28-20(32)21(33)31-10-13-1-3-15(4-2-13)34-16-5-6-18(29-12-16)22(25,26)27/h1-9,11-12H,10H2,(H,31,33). The van der Waals surface area contributed by atoms with Crippen LogP contribution >= 0.6 is 23.2 Å². The number of carbonyl (C=O) groups is 1. The van der Waals surface area contributed by atoms with Gasteiger partial charge in [-0.2, -0.15) is 13.2 Å². The van der Waals surface area contributed by atoms with Gasteiger partial charge in [0.1, 0.15) is 17.2 Å². The summed E-state index contributed by atoms with van der Waals surface area (Å²) in [5.41, 5.74) is -0.243. The number of halogens is 5. The molecule has 3 aromatic heterocycles. The van der Waals surface area contributed by atoms with Gasteiger partial charge >= 0.3 is 6.18 Å². The molecule has 174 valence electrons. The second kappa shape index (κ2) is 9.70. The van der Waals surface area contributed by atoms with Crippen molar-refractivity contribution in [3.05, 3.63) is 94.4 Å². The fourth-order valence-corrected chi connectivity index (χ4v) is 3.38. The molecule has 0 saturated heterocycles. The summed E-state index contributed by atoms with van der Waals surface area (Å²) in [7, 11) is 0. The lowest BCUT2D eigenvalue weighted by atomic mass is 10.2. The molecule has 0 saturated carbocycles. The molecule has 1 N–H and O–H groups in total. The summed E-state index contributed by atoms with van der Waals surface area (Å²) in [5, 5.41) is 3.38. The van der Waals surface area contributed by atoms with Gasteiger partial charge in [0.05, 0.1) is 16.2 Å². The van der Waals surface area contributed by atoms with Gasteiger partial charge < -0.3 is 10.1 Å².